The van der Waals surface area contributed by atoms with Gasteiger partial charge in [-0.2, -0.15) is 5.26 Å². The van der Waals surface area contributed by atoms with Crippen molar-refractivity contribution in [3.8, 4) is 6.07 Å². The first kappa shape index (κ1) is 10.5. The lowest BCUT2D eigenvalue weighted by Crippen LogP contribution is -2.22. The van der Waals surface area contributed by atoms with E-state index in [2.05, 4.69) is 5.32 Å². The average molecular weight is 194 g/mol. The molecule has 4 heteroatoms. The molecule has 3 nitrogen and oxygen atoms in total. The van der Waals surface area contributed by atoms with E-state index < -0.39 is 6.04 Å². The molecule has 0 aliphatic rings. The van der Waals surface area contributed by atoms with Crippen molar-refractivity contribution in [2.24, 2.45) is 0 Å². The highest BCUT2D eigenvalue weighted by Gasteiger charge is 2.05. The fraction of sp³-hybridized carbons (Fsp3) is 0.300. The van der Waals surface area contributed by atoms with Crippen LogP contribution in [0.4, 0.5) is 10.1 Å². The predicted octanol–water partition coefficient (Wildman–Crippen LogP) is 1.78. The van der Waals surface area contributed by atoms with Crippen molar-refractivity contribution in [2.75, 3.05) is 19.0 Å². The lowest BCUT2D eigenvalue weighted by atomic mass is 10.2. The maximum absolute atomic E-state index is 12.8. The van der Waals surface area contributed by atoms with E-state index in [1.807, 2.05) is 6.07 Å². The van der Waals surface area contributed by atoms with E-state index in [1.54, 1.807) is 12.1 Å². The van der Waals surface area contributed by atoms with Crippen LogP contribution in [0.25, 0.3) is 0 Å². The molecule has 0 spiro atoms. The zero-order valence-electron chi connectivity index (χ0n) is 7.83. The summed E-state index contributed by atoms with van der Waals surface area (Å²) < 4.78 is 17.6. The number of hydrogen-bond acceptors (Lipinski definition) is 3. The van der Waals surface area contributed by atoms with Crippen molar-refractivity contribution in [1.82, 2.24) is 0 Å². The molecule has 0 radical (unpaired) electrons. The summed E-state index contributed by atoms with van der Waals surface area (Å²) >= 11 is 0. The van der Waals surface area contributed by atoms with Crippen LogP contribution < -0.4 is 5.32 Å². The number of ether oxygens (including phenoxy) is 1. The summed E-state index contributed by atoms with van der Waals surface area (Å²) in [5.41, 5.74) is 0.577. The van der Waals surface area contributed by atoms with E-state index in [0.717, 1.165) is 0 Å². The number of halogens is 1. The molecular weight excluding hydrogens is 183 g/mol. The van der Waals surface area contributed by atoms with E-state index in [1.165, 1.54) is 19.2 Å². The molecule has 1 aromatic carbocycles. The fourth-order valence-electron chi connectivity index (χ4n) is 1.06. The molecule has 74 valence electrons. The van der Waals surface area contributed by atoms with Crippen molar-refractivity contribution < 1.29 is 9.13 Å². The highest BCUT2D eigenvalue weighted by Crippen LogP contribution is 2.10. The lowest BCUT2D eigenvalue weighted by Gasteiger charge is -2.11. The third kappa shape index (κ3) is 3.04. The zero-order valence-corrected chi connectivity index (χ0v) is 7.83. The molecule has 0 heterocycles. The van der Waals surface area contributed by atoms with Gasteiger partial charge in [0.05, 0.1) is 12.7 Å². The molecule has 1 unspecified atom stereocenters. The number of benzene rings is 1. The van der Waals surface area contributed by atoms with Crippen molar-refractivity contribution in [3.63, 3.8) is 0 Å². The summed E-state index contributed by atoms with van der Waals surface area (Å²) in [7, 11) is 1.51. The van der Waals surface area contributed by atoms with Crippen LogP contribution in [0, 0.1) is 17.1 Å². The van der Waals surface area contributed by atoms with E-state index in [4.69, 9.17) is 10.00 Å². The number of nitrogens with zero attached hydrogens (tertiary/aromatic N) is 1. The molecule has 0 aromatic heterocycles. The van der Waals surface area contributed by atoms with Gasteiger partial charge in [-0.1, -0.05) is 6.07 Å². The predicted molar refractivity (Wildman–Crippen MR) is 51.3 cm³/mol. The highest BCUT2D eigenvalue weighted by molar-refractivity contribution is 5.45. The van der Waals surface area contributed by atoms with Crippen LogP contribution in [0.2, 0.25) is 0 Å². The Kier molecular flexibility index (Phi) is 3.89. The smallest absolute Gasteiger partial charge is 0.138 e. The molecule has 0 amide bonds. The monoisotopic (exact) mass is 194 g/mol. The van der Waals surface area contributed by atoms with Crippen molar-refractivity contribution >= 4 is 5.69 Å². The number of nitrogens with one attached hydrogen (secondary N) is 1. The Morgan fingerprint density at radius 2 is 2.43 bits per heavy atom. The Hall–Kier alpha value is -1.60. The minimum absolute atomic E-state index is 0.271. The molecular formula is C10H11FN2O. The molecule has 1 rings (SSSR count). The van der Waals surface area contributed by atoms with Crippen LogP contribution >= 0.6 is 0 Å². The van der Waals surface area contributed by atoms with Crippen LogP contribution in [0.15, 0.2) is 24.3 Å². The second-order valence-corrected chi connectivity index (χ2v) is 2.79. The Morgan fingerprint density at radius 1 is 1.64 bits per heavy atom. The van der Waals surface area contributed by atoms with Gasteiger partial charge in [0.15, 0.2) is 0 Å². The maximum atomic E-state index is 12.8. The van der Waals surface area contributed by atoms with E-state index in [-0.39, 0.29) is 12.4 Å². The van der Waals surface area contributed by atoms with Gasteiger partial charge < -0.3 is 10.1 Å². The summed E-state index contributed by atoms with van der Waals surface area (Å²) in [6.07, 6.45) is 0. The van der Waals surface area contributed by atoms with Crippen molar-refractivity contribution in [1.29, 1.82) is 5.26 Å². The second-order valence-electron chi connectivity index (χ2n) is 2.79. The van der Waals surface area contributed by atoms with Gasteiger partial charge in [0.2, 0.25) is 0 Å². The Morgan fingerprint density at radius 3 is 3.00 bits per heavy atom. The Labute approximate surface area is 82.1 Å². The molecule has 1 aromatic rings. The molecule has 0 saturated carbocycles. The molecule has 0 fully saturated rings. The first-order valence-corrected chi connectivity index (χ1v) is 4.17. The van der Waals surface area contributed by atoms with Gasteiger partial charge in [0, 0.05) is 12.8 Å². The summed E-state index contributed by atoms with van der Waals surface area (Å²) in [6, 6.07) is 7.52. The minimum atomic E-state index is -0.457. The van der Waals surface area contributed by atoms with Crippen molar-refractivity contribution in [3.05, 3.63) is 30.1 Å². The quantitative estimate of drug-likeness (QED) is 0.794. The number of hydrogen-bond donors (Lipinski definition) is 1. The largest absolute Gasteiger partial charge is 0.381 e. The summed E-state index contributed by atoms with van der Waals surface area (Å²) in [5.74, 6) is -0.330. The molecule has 0 bridgehead atoms. The molecule has 1 atom stereocenters. The number of methoxy groups -OCH3 is 1. The zero-order chi connectivity index (χ0) is 10.4. The van der Waals surface area contributed by atoms with Crippen LogP contribution in [-0.4, -0.2) is 19.8 Å². The topological polar surface area (TPSA) is 45.0 Å². The third-order valence-electron chi connectivity index (χ3n) is 1.65. The standard InChI is InChI=1S/C10H11FN2O/c1-14-7-10(6-12)13-9-4-2-3-8(11)5-9/h2-5,10,13H,7H2,1H3. The van der Waals surface area contributed by atoms with Gasteiger partial charge in [0.25, 0.3) is 0 Å². The van der Waals surface area contributed by atoms with Crippen LogP contribution in [0.5, 0.6) is 0 Å². The van der Waals surface area contributed by atoms with Crippen LogP contribution in [0.3, 0.4) is 0 Å². The highest BCUT2D eigenvalue weighted by atomic mass is 19.1. The summed E-state index contributed by atoms with van der Waals surface area (Å²) in [6.45, 7) is 0.271. The third-order valence-corrected chi connectivity index (χ3v) is 1.65. The summed E-state index contributed by atoms with van der Waals surface area (Å²) in [5, 5.41) is 11.5. The molecule has 14 heavy (non-hydrogen) atoms. The normalized spacial score (nSPS) is 11.8. The molecule has 0 aliphatic carbocycles. The van der Waals surface area contributed by atoms with Gasteiger partial charge in [0.1, 0.15) is 11.9 Å². The molecule has 0 aliphatic heterocycles. The maximum Gasteiger partial charge on any atom is 0.138 e. The van der Waals surface area contributed by atoms with E-state index >= 15 is 0 Å². The lowest BCUT2D eigenvalue weighted by molar-refractivity contribution is 0.198. The first-order chi connectivity index (χ1) is 6.76. The van der Waals surface area contributed by atoms with Gasteiger partial charge in [-0.25, -0.2) is 4.39 Å². The molecule has 0 saturated heterocycles. The SMILES string of the molecule is COCC(C#N)Nc1cccc(F)c1. The van der Waals surface area contributed by atoms with Crippen LogP contribution in [0.1, 0.15) is 0 Å². The number of rotatable bonds is 4. The van der Waals surface area contributed by atoms with Gasteiger partial charge in [-0.05, 0) is 18.2 Å². The van der Waals surface area contributed by atoms with Gasteiger partial charge >= 0.3 is 0 Å². The van der Waals surface area contributed by atoms with Gasteiger partial charge in [-0.3, -0.25) is 0 Å². The Balaban J connectivity index is 2.63. The minimum Gasteiger partial charge on any atom is -0.381 e. The van der Waals surface area contributed by atoms with Gasteiger partial charge in [-0.15, -0.1) is 0 Å². The second kappa shape index (κ2) is 5.20. The first-order valence-electron chi connectivity index (χ1n) is 4.17. The summed E-state index contributed by atoms with van der Waals surface area (Å²) in [4.78, 5) is 0. The van der Waals surface area contributed by atoms with E-state index in [0.29, 0.717) is 5.69 Å². The number of nitriles is 1. The number of anilines is 1. The van der Waals surface area contributed by atoms with Crippen LogP contribution in [-0.2, 0) is 4.74 Å². The van der Waals surface area contributed by atoms with Crippen molar-refractivity contribution in [2.45, 2.75) is 6.04 Å². The molecule has 1 N–H and O–H groups in total. The van der Waals surface area contributed by atoms with E-state index in [9.17, 15) is 4.39 Å². The fourth-order valence-corrected chi connectivity index (χ4v) is 1.06. The Bertz CT molecular complexity index is 335. The average Bonchev–Trinajstić information content (AvgIpc) is 2.17.